The molecule has 0 unspecified atom stereocenters. The molecule has 0 fully saturated rings. The van der Waals surface area contributed by atoms with Crippen molar-refractivity contribution < 1.29 is 26.7 Å². The van der Waals surface area contributed by atoms with Gasteiger partial charge in [-0.1, -0.05) is 23.7 Å². The molecule has 160 valence electrons. The summed E-state index contributed by atoms with van der Waals surface area (Å²) < 4.78 is 60.0. The molecular formula is C20H14ClF2N3O4S. The summed E-state index contributed by atoms with van der Waals surface area (Å²) in [5, 5.41) is -0.228. The highest BCUT2D eigenvalue weighted by molar-refractivity contribution is 7.94. The molecule has 0 radical (unpaired) electrons. The summed E-state index contributed by atoms with van der Waals surface area (Å²) in [6.07, 6.45) is 1.29. The molecule has 2 aromatic carbocycles. The SMILES string of the molecule is COc1cc(N2C(=O)N(Cc3c(F)cc(F)cc3Cl)c3ccccc3S2(=O)=O)ccn1. The second-order valence-electron chi connectivity index (χ2n) is 6.51. The van der Waals surface area contributed by atoms with E-state index in [1.807, 2.05) is 0 Å². The fourth-order valence-corrected chi connectivity index (χ4v) is 5.07. The zero-order chi connectivity index (χ0) is 22.3. The Labute approximate surface area is 181 Å². The maximum Gasteiger partial charge on any atom is 0.343 e. The zero-order valence-electron chi connectivity index (χ0n) is 15.9. The van der Waals surface area contributed by atoms with Crippen LogP contribution in [-0.4, -0.2) is 26.5 Å². The number of benzene rings is 2. The van der Waals surface area contributed by atoms with Gasteiger partial charge in [0.25, 0.3) is 10.0 Å². The van der Waals surface area contributed by atoms with Crippen LogP contribution >= 0.6 is 11.6 Å². The van der Waals surface area contributed by atoms with E-state index in [-0.39, 0.29) is 32.7 Å². The number of hydrogen-bond acceptors (Lipinski definition) is 5. The fourth-order valence-electron chi connectivity index (χ4n) is 3.23. The van der Waals surface area contributed by atoms with E-state index in [1.54, 1.807) is 6.07 Å². The van der Waals surface area contributed by atoms with Crippen LogP contribution < -0.4 is 13.9 Å². The molecule has 1 aliphatic rings. The molecule has 7 nitrogen and oxygen atoms in total. The number of hydrogen-bond donors (Lipinski definition) is 0. The van der Waals surface area contributed by atoms with E-state index in [0.717, 1.165) is 11.0 Å². The number of aromatic nitrogens is 1. The summed E-state index contributed by atoms with van der Waals surface area (Å²) in [7, 11) is -2.94. The van der Waals surface area contributed by atoms with Crippen LogP contribution in [0, 0.1) is 11.6 Å². The molecule has 4 rings (SSSR count). The van der Waals surface area contributed by atoms with E-state index in [2.05, 4.69) is 4.98 Å². The number of amides is 2. The van der Waals surface area contributed by atoms with Crippen LogP contribution in [0.1, 0.15) is 5.56 Å². The number of anilines is 2. The van der Waals surface area contributed by atoms with Crippen LogP contribution in [0.2, 0.25) is 5.02 Å². The highest BCUT2D eigenvalue weighted by atomic mass is 35.5. The second-order valence-corrected chi connectivity index (χ2v) is 8.67. The average molecular weight is 466 g/mol. The molecule has 0 N–H and O–H groups in total. The monoisotopic (exact) mass is 465 g/mol. The van der Waals surface area contributed by atoms with Crippen molar-refractivity contribution in [3.05, 3.63) is 76.9 Å². The summed E-state index contributed by atoms with van der Waals surface area (Å²) >= 11 is 6.00. The van der Waals surface area contributed by atoms with Crippen molar-refractivity contribution in [2.24, 2.45) is 0 Å². The third-order valence-electron chi connectivity index (χ3n) is 4.66. The maximum atomic E-state index is 14.4. The van der Waals surface area contributed by atoms with E-state index in [0.29, 0.717) is 10.4 Å². The maximum absolute atomic E-state index is 14.4. The largest absolute Gasteiger partial charge is 0.481 e. The van der Waals surface area contributed by atoms with E-state index in [1.165, 1.54) is 43.6 Å². The minimum absolute atomic E-state index is 0.0120. The van der Waals surface area contributed by atoms with Gasteiger partial charge in [0.1, 0.15) is 16.5 Å². The summed E-state index contributed by atoms with van der Waals surface area (Å²) in [5.74, 6) is -1.73. The van der Waals surface area contributed by atoms with Crippen molar-refractivity contribution in [3.63, 3.8) is 0 Å². The smallest absolute Gasteiger partial charge is 0.343 e. The van der Waals surface area contributed by atoms with Crippen LogP contribution in [0.25, 0.3) is 0 Å². The van der Waals surface area contributed by atoms with Gasteiger partial charge in [-0.05, 0) is 24.3 Å². The number of sulfonamides is 1. The Morgan fingerprint density at radius 1 is 1.13 bits per heavy atom. The predicted molar refractivity (Wildman–Crippen MR) is 110 cm³/mol. The molecule has 0 saturated carbocycles. The van der Waals surface area contributed by atoms with Crippen molar-refractivity contribution >= 4 is 39.0 Å². The molecule has 0 bridgehead atoms. The molecule has 31 heavy (non-hydrogen) atoms. The zero-order valence-corrected chi connectivity index (χ0v) is 17.5. The first kappa shape index (κ1) is 21.0. The first-order valence-corrected chi connectivity index (χ1v) is 10.6. The highest BCUT2D eigenvalue weighted by Gasteiger charge is 2.43. The van der Waals surface area contributed by atoms with E-state index >= 15 is 0 Å². The molecule has 2 heterocycles. The molecule has 3 aromatic rings. The minimum atomic E-state index is -4.29. The normalized spacial score (nSPS) is 15.0. The molecule has 2 amide bonds. The molecule has 1 aliphatic heterocycles. The number of carbonyl (C=O) groups excluding carboxylic acids is 1. The number of methoxy groups -OCH3 is 1. The molecule has 0 aliphatic carbocycles. The van der Waals surface area contributed by atoms with Crippen molar-refractivity contribution in [1.29, 1.82) is 0 Å². The van der Waals surface area contributed by atoms with Gasteiger partial charge in [-0.15, -0.1) is 0 Å². The van der Waals surface area contributed by atoms with Crippen molar-refractivity contribution in [2.75, 3.05) is 16.3 Å². The second kappa shape index (κ2) is 7.78. The third kappa shape index (κ3) is 3.57. The summed E-state index contributed by atoms with van der Waals surface area (Å²) in [6.45, 7) is -0.422. The Morgan fingerprint density at radius 2 is 1.87 bits per heavy atom. The van der Waals surface area contributed by atoms with Crippen LogP contribution in [0.4, 0.5) is 25.0 Å². The lowest BCUT2D eigenvalue weighted by molar-refractivity contribution is 0.253. The molecule has 11 heteroatoms. The van der Waals surface area contributed by atoms with Gasteiger partial charge < -0.3 is 4.74 Å². The van der Waals surface area contributed by atoms with Gasteiger partial charge >= 0.3 is 6.03 Å². The van der Waals surface area contributed by atoms with Gasteiger partial charge in [-0.2, -0.15) is 4.31 Å². The summed E-state index contributed by atoms with van der Waals surface area (Å²) in [4.78, 5) is 18.2. The topological polar surface area (TPSA) is 79.8 Å². The van der Waals surface area contributed by atoms with Crippen molar-refractivity contribution in [2.45, 2.75) is 11.4 Å². The number of para-hydroxylation sites is 1. The average Bonchev–Trinajstić information content (AvgIpc) is 2.72. The Bertz CT molecular complexity index is 1280. The number of fused-ring (bicyclic) bond motifs is 1. The van der Waals surface area contributed by atoms with Crippen LogP contribution in [-0.2, 0) is 16.6 Å². The standard InChI is InChI=1S/C20H14ClF2N3O4S/c1-30-19-10-13(6-7-24-19)26-20(27)25(11-14-15(21)8-12(22)9-16(14)23)17-4-2-3-5-18(17)31(26,28)29/h2-10H,11H2,1H3. The number of ether oxygens (including phenoxy) is 1. The van der Waals surface area contributed by atoms with Gasteiger partial charge in [0, 0.05) is 23.9 Å². The van der Waals surface area contributed by atoms with Gasteiger partial charge in [0.2, 0.25) is 5.88 Å². The highest BCUT2D eigenvalue weighted by Crippen LogP contribution is 2.39. The lowest BCUT2D eigenvalue weighted by Gasteiger charge is -2.36. The lowest BCUT2D eigenvalue weighted by Crippen LogP contribution is -2.50. The van der Waals surface area contributed by atoms with Crippen molar-refractivity contribution in [3.8, 4) is 5.88 Å². The third-order valence-corrected chi connectivity index (χ3v) is 6.75. The molecule has 0 atom stereocenters. The quantitative estimate of drug-likeness (QED) is 0.572. The molecule has 1 aromatic heterocycles. The van der Waals surface area contributed by atoms with Gasteiger partial charge in [-0.25, -0.2) is 27.0 Å². The van der Waals surface area contributed by atoms with E-state index in [9.17, 15) is 22.0 Å². The Hall–Kier alpha value is -3.24. The number of urea groups is 1. The Kier molecular flexibility index (Phi) is 5.28. The van der Waals surface area contributed by atoms with Crippen molar-refractivity contribution in [1.82, 2.24) is 4.98 Å². The summed E-state index contributed by atoms with van der Waals surface area (Å²) in [6, 6.07) is 9.01. The Morgan fingerprint density at radius 3 is 2.58 bits per heavy atom. The van der Waals surface area contributed by atoms with Crippen LogP contribution in [0.15, 0.2) is 59.6 Å². The van der Waals surface area contributed by atoms with Crippen LogP contribution in [0.5, 0.6) is 5.88 Å². The number of halogens is 3. The number of rotatable bonds is 4. The van der Waals surface area contributed by atoms with Gasteiger partial charge in [0.15, 0.2) is 0 Å². The first-order chi connectivity index (χ1) is 14.7. The van der Waals surface area contributed by atoms with Crippen LogP contribution in [0.3, 0.4) is 0 Å². The van der Waals surface area contributed by atoms with Gasteiger partial charge in [0.05, 0.1) is 30.1 Å². The summed E-state index contributed by atoms with van der Waals surface area (Å²) in [5.41, 5.74) is -0.121. The predicted octanol–water partition coefficient (Wildman–Crippen LogP) is 4.36. The Balaban J connectivity index is 1.89. The number of pyridine rings is 1. The molecule has 0 saturated heterocycles. The van der Waals surface area contributed by atoms with E-state index in [4.69, 9.17) is 16.3 Å². The lowest BCUT2D eigenvalue weighted by atomic mass is 10.1. The van der Waals surface area contributed by atoms with E-state index < -0.39 is 34.2 Å². The van der Waals surface area contributed by atoms with Gasteiger partial charge in [-0.3, -0.25) is 4.90 Å². The fraction of sp³-hybridized carbons (Fsp3) is 0.100. The first-order valence-electron chi connectivity index (χ1n) is 8.83. The number of nitrogens with zero attached hydrogens (tertiary/aromatic N) is 3. The minimum Gasteiger partial charge on any atom is -0.481 e. The molecular weight excluding hydrogens is 452 g/mol. The molecule has 0 spiro atoms. The number of carbonyl (C=O) groups is 1.